The van der Waals surface area contributed by atoms with E-state index in [4.69, 9.17) is 21.2 Å². The molecule has 0 aliphatic carbocycles. The summed E-state index contributed by atoms with van der Waals surface area (Å²) in [6.07, 6.45) is 3.91. The number of nitrogens with zero attached hydrogens (tertiary/aromatic N) is 1. The van der Waals surface area contributed by atoms with Gasteiger partial charge in [0, 0.05) is 21.4 Å². The zero-order valence-corrected chi connectivity index (χ0v) is 12.5. The summed E-state index contributed by atoms with van der Waals surface area (Å²) in [6.45, 7) is 0. The molecule has 4 nitrogen and oxygen atoms in total. The van der Waals surface area contributed by atoms with Crippen molar-refractivity contribution in [1.82, 2.24) is 5.16 Å². The summed E-state index contributed by atoms with van der Waals surface area (Å²) in [5.74, 6) is -0.728. The van der Waals surface area contributed by atoms with Gasteiger partial charge in [0.2, 0.25) is 0 Å². The lowest BCUT2D eigenvalue weighted by atomic mass is 10.1. The Kier molecular flexibility index (Phi) is 4.44. The second-order valence-electron chi connectivity index (χ2n) is 3.58. The van der Waals surface area contributed by atoms with Crippen LogP contribution in [-0.4, -0.2) is 28.7 Å². The highest BCUT2D eigenvalue weighted by atomic mass is 35.5. The van der Waals surface area contributed by atoms with Gasteiger partial charge in [-0.15, -0.1) is 23.5 Å². The lowest BCUT2D eigenvalue weighted by Gasteiger charge is -2.08. The highest BCUT2D eigenvalue weighted by Gasteiger charge is 2.15. The number of thioether (sulfide) groups is 2. The molecule has 0 saturated heterocycles. The molecule has 2 rings (SSSR count). The van der Waals surface area contributed by atoms with Gasteiger partial charge in [0.25, 0.3) is 0 Å². The van der Waals surface area contributed by atoms with E-state index in [2.05, 4.69) is 5.16 Å². The number of carbonyl (C=O) groups is 1. The first-order valence-corrected chi connectivity index (χ1v) is 8.01. The molecule has 0 fully saturated rings. The Bertz CT molecular complexity index is 627. The number of aromatic nitrogens is 1. The molecule has 7 heteroatoms. The van der Waals surface area contributed by atoms with Crippen molar-refractivity contribution in [3.8, 4) is 11.3 Å². The predicted octanol–water partition coefficient (Wildman–Crippen LogP) is 4.14. The standard InChI is InChI=1S/C12H10ClNO3S2/c1-18-10-4-6(3-7(13)11(10)19-2)9-5-8(12(15)16)14-17-9/h3-5H,1-2H3,(H,15,16). The van der Waals surface area contributed by atoms with Crippen LogP contribution in [0.15, 0.2) is 32.5 Å². The van der Waals surface area contributed by atoms with Crippen LogP contribution in [-0.2, 0) is 0 Å². The molecule has 0 amide bonds. The maximum atomic E-state index is 10.8. The number of carboxylic acids is 1. The van der Waals surface area contributed by atoms with Gasteiger partial charge in [-0.25, -0.2) is 4.79 Å². The summed E-state index contributed by atoms with van der Waals surface area (Å²) in [5.41, 5.74) is 0.595. The Morgan fingerprint density at radius 3 is 2.58 bits per heavy atom. The predicted molar refractivity (Wildman–Crippen MR) is 77.5 cm³/mol. The molecule has 19 heavy (non-hydrogen) atoms. The van der Waals surface area contributed by atoms with E-state index in [1.165, 1.54) is 6.07 Å². The fraction of sp³-hybridized carbons (Fsp3) is 0.167. The smallest absolute Gasteiger partial charge is 0.358 e. The van der Waals surface area contributed by atoms with E-state index in [1.54, 1.807) is 29.6 Å². The van der Waals surface area contributed by atoms with Gasteiger partial charge in [-0.1, -0.05) is 16.8 Å². The van der Waals surface area contributed by atoms with Crippen LogP contribution in [0.3, 0.4) is 0 Å². The molecule has 0 aliphatic rings. The van der Waals surface area contributed by atoms with Crippen molar-refractivity contribution in [2.24, 2.45) is 0 Å². The molecule has 100 valence electrons. The monoisotopic (exact) mass is 315 g/mol. The summed E-state index contributed by atoms with van der Waals surface area (Å²) >= 11 is 9.36. The minimum absolute atomic E-state index is 0.120. The van der Waals surface area contributed by atoms with E-state index in [1.807, 2.05) is 18.6 Å². The van der Waals surface area contributed by atoms with E-state index in [0.29, 0.717) is 16.3 Å². The maximum Gasteiger partial charge on any atom is 0.358 e. The van der Waals surface area contributed by atoms with Crippen molar-refractivity contribution in [1.29, 1.82) is 0 Å². The van der Waals surface area contributed by atoms with Crippen molar-refractivity contribution in [3.05, 3.63) is 28.9 Å². The van der Waals surface area contributed by atoms with Crippen LogP contribution in [0.25, 0.3) is 11.3 Å². The summed E-state index contributed by atoms with van der Waals surface area (Å²) < 4.78 is 5.03. The van der Waals surface area contributed by atoms with Crippen LogP contribution in [0.1, 0.15) is 10.5 Å². The van der Waals surface area contributed by atoms with E-state index >= 15 is 0 Å². The summed E-state index contributed by atoms with van der Waals surface area (Å²) in [7, 11) is 0. The quantitative estimate of drug-likeness (QED) is 0.856. The van der Waals surface area contributed by atoms with E-state index < -0.39 is 5.97 Å². The van der Waals surface area contributed by atoms with E-state index in [-0.39, 0.29) is 5.69 Å². The molecule has 0 radical (unpaired) electrons. The zero-order chi connectivity index (χ0) is 14.0. The largest absolute Gasteiger partial charge is 0.476 e. The number of hydrogen-bond donors (Lipinski definition) is 1. The third-order valence-corrected chi connectivity index (χ3v) is 4.60. The summed E-state index contributed by atoms with van der Waals surface area (Å²) in [4.78, 5) is 12.8. The van der Waals surface area contributed by atoms with Crippen LogP contribution in [0.5, 0.6) is 0 Å². The first-order valence-electron chi connectivity index (χ1n) is 5.18. The van der Waals surface area contributed by atoms with Crippen LogP contribution in [0, 0.1) is 0 Å². The number of rotatable bonds is 4. The Morgan fingerprint density at radius 1 is 1.32 bits per heavy atom. The molecule has 1 heterocycles. The van der Waals surface area contributed by atoms with E-state index in [0.717, 1.165) is 9.79 Å². The topological polar surface area (TPSA) is 63.3 Å². The van der Waals surface area contributed by atoms with Gasteiger partial charge in [-0.05, 0) is 24.6 Å². The Morgan fingerprint density at radius 2 is 2.05 bits per heavy atom. The Labute approximate surface area is 123 Å². The molecule has 0 atom stereocenters. The number of hydrogen-bond acceptors (Lipinski definition) is 5. The van der Waals surface area contributed by atoms with Crippen molar-refractivity contribution in [3.63, 3.8) is 0 Å². The average molecular weight is 316 g/mol. The molecule has 1 aromatic heterocycles. The third-order valence-electron chi connectivity index (χ3n) is 2.45. The highest BCUT2D eigenvalue weighted by Crippen LogP contribution is 2.38. The number of halogens is 1. The van der Waals surface area contributed by atoms with Crippen molar-refractivity contribution in [2.75, 3.05) is 12.5 Å². The molecular formula is C12H10ClNO3S2. The normalized spacial score (nSPS) is 10.7. The van der Waals surface area contributed by atoms with Gasteiger partial charge in [0.15, 0.2) is 11.5 Å². The van der Waals surface area contributed by atoms with Crippen LogP contribution in [0.2, 0.25) is 5.02 Å². The van der Waals surface area contributed by atoms with Gasteiger partial charge in [0.1, 0.15) is 0 Å². The molecule has 0 saturated carbocycles. The van der Waals surface area contributed by atoms with Crippen LogP contribution < -0.4 is 0 Å². The lowest BCUT2D eigenvalue weighted by molar-refractivity contribution is 0.0686. The van der Waals surface area contributed by atoms with Gasteiger partial charge in [-0.2, -0.15) is 0 Å². The second kappa shape index (κ2) is 5.90. The number of benzene rings is 1. The Balaban J connectivity index is 2.50. The first-order chi connectivity index (χ1) is 9.06. The molecule has 1 N–H and O–H groups in total. The minimum atomic E-state index is -1.12. The summed E-state index contributed by atoms with van der Waals surface area (Å²) in [5, 5.41) is 12.9. The number of aromatic carboxylic acids is 1. The van der Waals surface area contributed by atoms with Crippen LogP contribution in [0.4, 0.5) is 0 Å². The van der Waals surface area contributed by atoms with Crippen molar-refractivity contribution in [2.45, 2.75) is 9.79 Å². The fourth-order valence-corrected chi connectivity index (χ4v) is 3.63. The molecule has 0 bridgehead atoms. The summed E-state index contributed by atoms with van der Waals surface area (Å²) in [6, 6.07) is 5.05. The average Bonchev–Trinajstić information content (AvgIpc) is 2.87. The van der Waals surface area contributed by atoms with Gasteiger partial charge < -0.3 is 9.63 Å². The molecule has 0 spiro atoms. The Hall–Kier alpha value is -1.11. The van der Waals surface area contributed by atoms with E-state index in [9.17, 15) is 4.79 Å². The van der Waals surface area contributed by atoms with Gasteiger partial charge >= 0.3 is 5.97 Å². The lowest BCUT2D eigenvalue weighted by Crippen LogP contribution is -1.94. The number of carboxylic acid groups (broad SMARTS) is 1. The minimum Gasteiger partial charge on any atom is -0.476 e. The molecule has 1 aromatic carbocycles. The van der Waals surface area contributed by atoms with Crippen molar-refractivity contribution >= 4 is 41.1 Å². The van der Waals surface area contributed by atoms with Crippen LogP contribution >= 0.6 is 35.1 Å². The van der Waals surface area contributed by atoms with Crippen molar-refractivity contribution < 1.29 is 14.4 Å². The molecule has 0 unspecified atom stereocenters. The van der Waals surface area contributed by atoms with Gasteiger partial charge in [-0.3, -0.25) is 0 Å². The molecular weight excluding hydrogens is 306 g/mol. The highest BCUT2D eigenvalue weighted by molar-refractivity contribution is 8.01. The first kappa shape index (κ1) is 14.3. The fourth-order valence-electron chi connectivity index (χ4n) is 1.57. The third kappa shape index (κ3) is 2.91. The zero-order valence-electron chi connectivity index (χ0n) is 10.1. The SMILES string of the molecule is CSc1cc(-c2cc(C(=O)O)no2)cc(Cl)c1SC. The maximum absolute atomic E-state index is 10.8. The second-order valence-corrected chi connectivity index (χ2v) is 5.65. The molecule has 0 aliphatic heterocycles. The molecule has 2 aromatic rings. The van der Waals surface area contributed by atoms with Gasteiger partial charge in [0.05, 0.1) is 5.02 Å².